The minimum atomic E-state index is 0.890. The third-order valence-corrected chi connectivity index (χ3v) is 3.04. The average molecular weight is 238 g/mol. The lowest BCUT2D eigenvalue weighted by Crippen LogP contribution is -2.04. The van der Waals surface area contributed by atoms with Crippen LogP contribution < -0.4 is 5.32 Å². The third kappa shape index (κ3) is 2.49. The monoisotopic (exact) mass is 238 g/mol. The Morgan fingerprint density at radius 2 is 1.94 bits per heavy atom. The van der Waals surface area contributed by atoms with Gasteiger partial charge in [0.15, 0.2) is 0 Å². The number of benzene rings is 1. The maximum absolute atomic E-state index is 4.27. The molecule has 0 saturated heterocycles. The fraction of sp³-hybridized carbons (Fsp3) is 0.188. The van der Waals surface area contributed by atoms with Gasteiger partial charge in [-0.3, -0.25) is 4.98 Å². The van der Waals surface area contributed by atoms with Gasteiger partial charge in [0.1, 0.15) is 0 Å². The van der Waals surface area contributed by atoms with Gasteiger partial charge in [0.25, 0.3) is 0 Å². The van der Waals surface area contributed by atoms with Crippen molar-refractivity contribution < 1.29 is 0 Å². The molecule has 1 aromatic carbocycles. The second kappa shape index (κ2) is 5.61. The summed E-state index contributed by atoms with van der Waals surface area (Å²) in [6.45, 7) is 6.84. The molecule has 1 aromatic heterocycles. The van der Waals surface area contributed by atoms with Crippen LogP contribution in [0.15, 0.2) is 43.2 Å². The molecule has 18 heavy (non-hydrogen) atoms. The van der Waals surface area contributed by atoms with Gasteiger partial charge < -0.3 is 5.32 Å². The van der Waals surface area contributed by atoms with Gasteiger partial charge in [-0.25, -0.2) is 0 Å². The highest BCUT2D eigenvalue weighted by molar-refractivity contribution is 5.75. The Hall–Kier alpha value is -1.93. The first kappa shape index (κ1) is 12.5. The Bertz CT molecular complexity index is 542. The molecular weight excluding hydrogens is 220 g/mol. The zero-order valence-corrected chi connectivity index (χ0v) is 10.9. The molecule has 0 bridgehead atoms. The van der Waals surface area contributed by atoms with Gasteiger partial charge >= 0.3 is 0 Å². The van der Waals surface area contributed by atoms with Gasteiger partial charge in [0, 0.05) is 24.5 Å². The minimum absolute atomic E-state index is 0.890. The van der Waals surface area contributed by atoms with Crippen molar-refractivity contribution in [3.63, 3.8) is 0 Å². The van der Waals surface area contributed by atoms with Crippen molar-refractivity contribution in [2.75, 3.05) is 7.05 Å². The van der Waals surface area contributed by atoms with E-state index in [2.05, 4.69) is 48.1 Å². The maximum atomic E-state index is 4.27. The number of rotatable bonds is 4. The Morgan fingerprint density at radius 1 is 1.22 bits per heavy atom. The summed E-state index contributed by atoms with van der Waals surface area (Å²) in [5.41, 5.74) is 5.91. The second-order valence-corrected chi connectivity index (χ2v) is 4.35. The Balaban J connectivity index is 2.42. The SMILES string of the molecule is C=Cc1c(C)cncc1-c1ccc(CNC)cc1. The molecule has 0 unspecified atom stereocenters. The van der Waals surface area contributed by atoms with Crippen LogP contribution in [0.4, 0.5) is 0 Å². The number of pyridine rings is 1. The Morgan fingerprint density at radius 3 is 2.56 bits per heavy atom. The summed E-state index contributed by atoms with van der Waals surface area (Å²) in [5, 5.41) is 3.15. The lowest BCUT2D eigenvalue weighted by Gasteiger charge is -2.09. The average Bonchev–Trinajstić information content (AvgIpc) is 2.40. The summed E-state index contributed by atoms with van der Waals surface area (Å²) < 4.78 is 0. The molecule has 0 radical (unpaired) electrons. The number of nitrogens with one attached hydrogen (secondary N) is 1. The smallest absolute Gasteiger partial charge is 0.0352 e. The van der Waals surface area contributed by atoms with Crippen molar-refractivity contribution in [1.29, 1.82) is 0 Å². The van der Waals surface area contributed by atoms with Crippen molar-refractivity contribution in [1.82, 2.24) is 10.3 Å². The predicted octanol–water partition coefficient (Wildman–Crippen LogP) is 3.42. The van der Waals surface area contributed by atoms with Gasteiger partial charge in [-0.1, -0.05) is 36.9 Å². The van der Waals surface area contributed by atoms with Crippen LogP contribution in [0.1, 0.15) is 16.7 Å². The highest BCUT2D eigenvalue weighted by Gasteiger charge is 2.05. The van der Waals surface area contributed by atoms with E-state index < -0.39 is 0 Å². The second-order valence-electron chi connectivity index (χ2n) is 4.35. The van der Waals surface area contributed by atoms with Crippen molar-refractivity contribution in [3.05, 3.63) is 59.9 Å². The van der Waals surface area contributed by atoms with Crippen LogP contribution in [0.5, 0.6) is 0 Å². The number of hydrogen-bond donors (Lipinski definition) is 1. The maximum Gasteiger partial charge on any atom is 0.0352 e. The lowest BCUT2D eigenvalue weighted by atomic mass is 9.98. The van der Waals surface area contributed by atoms with E-state index in [-0.39, 0.29) is 0 Å². The molecule has 0 aliphatic heterocycles. The summed E-state index contributed by atoms with van der Waals surface area (Å²) in [5.74, 6) is 0. The molecule has 2 nitrogen and oxygen atoms in total. The fourth-order valence-electron chi connectivity index (χ4n) is 2.08. The molecule has 0 atom stereocenters. The molecule has 1 heterocycles. The van der Waals surface area contributed by atoms with E-state index in [1.807, 2.05) is 25.5 Å². The predicted molar refractivity (Wildman–Crippen MR) is 77.3 cm³/mol. The quantitative estimate of drug-likeness (QED) is 0.882. The van der Waals surface area contributed by atoms with Crippen molar-refractivity contribution in [2.24, 2.45) is 0 Å². The summed E-state index contributed by atoms with van der Waals surface area (Å²) >= 11 is 0. The van der Waals surface area contributed by atoms with Crippen LogP contribution in [0, 0.1) is 6.92 Å². The first-order chi connectivity index (χ1) is 8.76. The standard InChI is InChI=1S/C16H18N2/c1-4-15-12(2)9-18-11-16(15)14-7-5-13(6-8-14)10-17-3/h4-9,11,17H,1,10H2,2-3H3. The van der Waals surface area contributed by atoms with E-state index in [0.717, 1.165) is 23.2 Å². The summed E-state index contributed by atoms with van der Waals surface area (Å²) in [6.07, 6.45) is 5.67. The van der Waals surface area contributed by atoms with Crippen molar-refractivity contribution >= 4 is 6.08 Å². The van der Waals surface area contributed by atoms with Crippen LogP contribution in [0.2, 0.25) is 0 Å². The van der Waals surface area contributed by atoms with Gasteiger partial charge in [-0.15, -0.1) is 0 Å². The molecule has 2 rings (SSSR count). The molecule has 0 spiro atoms. The van der Waals surface area contributed by atoms with Gasteiger partial charge in [0.2, 0.25) is 0 Å². The molecule has 0 aliphatic carbocycles. The number of hydrogen-bond acceptors (Lipinski definition) is 2. The zero-order chi connectivity index (χ0) is 13.0. The molecule has 1 N–H and O–H groups in total. The number of aromatic nitrogens is 1. The third-order valence-electron chi connectivity index (χ3n) is 3.04. The van der Waals surface area contributed by atoms with Crippen LogP contribution in [-0.2, 0) is 6.54 Å². The first-order valence-electron chi connectivity index (χ1n) is 6.07. The summed E-state index contributed by atoms with van der Waals surface area (Å²) in [6, 6.07) is 8.55. The van der Waals surface area contributed by atoms with Crippen LogP contribution in [0.3, 0.4) is 0 Å². The lowest BCUT2D eigenvalue weighted by molar-refractivity contribution is 0.818. The normalized spacial score (nSPS) is 10.3. The van der Waals surface area contributed by atoms with Crippen molar-refractivity contribution in [3.8, 4) is 11.1 Å². The van der Waals surface area contributed by atoms with E-state index >= 15 is 0 Å². The molecular formula is C16H18N2. The van der Waals surface area contributed by atoms with Crippen LogP contribution in [-0.4, -0.2) is 12.0 Å². The molecule has 0 aliphatic rings. The van der Waals surface area contributed by atoms with Gasteiger partial charge in [-0.05, 0) is 36.2 Å². The van der Waals surface area contributed by atoms with E-state index in [9.17, 15) is 0 Å². The molecule has 2 aromatic rings. The Kier molecular flexibility index (Phi) is 3.90. The summed E-state index contributed by atoms with van der Waals surface area (Å²) in [4.78, 5) is 4.27. The number of aryl methyl sites for hydroxylation is 1. The minimum Gasteiger partial charge on any atom is -0.316 e. The zero-order valence-electron chi connectivity index (χ0n) is 10.9. The van der Waals surface area contributed by atoms with Crippen LogP contribution >= 0.6 is 0 Å². The first-order valence-corrected chi connectivity index (χ1v) is 6.07. The molecule has 0 saturated carbocycles. The van der Waals surface area contributed by atoms with E-state index in [0.29, 0.717) is 0 Å². The fourth-order valence-corrected chi connectivity index (χ4v) is 2.08. The van der Waals surface area contributed by atoms with Crippen LogP contribution in [0.25, 0.3) is 17.2 Å². The molecule has 2 heteroatoms. The highest BCUT2D eigenvalue weighted by Crippen LogP contribution is 2.26. The Labute approximate surface area is 108 Å². The van der Waals surface area contributed by atoms with Gasteiger partial charge in [0.05, 0.1) is 0 Å². The van der Waals surface area contributed by atoms with E-state index in [1.54, 1.807) is 0 Å². The van der Waals surface area contributed by atoms with Crippen molar-refractivity contribution in [2.45, 2.75) is 13.5 Å². The topological polar surface area (TPSA) is 24.9 Å². The summed E-state index contributed by atoms with van der Waals surface area (Å²) in [7, 11) is 1.95. The number of nitrogens with zero attached hydrogens (tertiary/aromatic N) is 1. The molecule has 92 valence electrons. The van der Waals surface area contributed by atoms with E-state index in [1.165, 1.54) is 11.1 Å². The highest BCUT2D eigenvalue weighted by atomic mass is 14.8. The van der Waals surface area contributed by atoms with E-state index in [4.69, 9.17) is 0 Å². The molecule has 0 fully saturated rings. The van der Waals surface area contributed by atoms with Gasteiger partial charge in [-0.2, -0.15) is 0 Å². The molecule has 0 amide bonds. The largest absolute Gasteiger partial charge is 0.316 e.